The predicted molar refractivity (Wildman–Crippen MR) is 119 cm³/mol. The first kappa shape index (κ1) is 19.5. The van der Waals surface area contributed by atoms with Gasteiger partial charge in [0.2, 0.25) is 11.3 Å². The fourth-order valence-corrected chi connectivity index (χ4v) is 5.32. The van der Waals surface area contributed by atoms with E-state index in [1.165, 1.54) is 11.1 Å². The molecule has 0 saturated carbocycles. The highest BCUT2D eigenvalue weighted by atomic mass is 16.5. The van der Waals surface area contributed by atoms with Crippen molar-refractivity contribution in [3.05, 3.63) is 69.6 Å². The van der Waals surface area contributed by atoms with Crippen molar-refractivity contribution in [3.8, 4) is 5.88 Å². The number of hydrogen-bond acceptors (Lipinski definition) is 5. The molecule has 2 saturated heterocycles. The average Bonchev–Trinajstić information content (AvgIpc) is 3.54. The molecule has 2 atom stereocenters. The molecule has 1 aromatic carbocycles. The van der Waals surface area contributed by atoms with Crippen LogP contribution in [0.3, 0.4) is 0 Å². The Morgan fingerprint density at radius 2 is 2.03 bits per heavy atom. The van der Waals surface area contributed by atoms with Crippen LogP contribution in [0.5, 0.6) is 5.88 Å². The first-order valence-electron chi connectivity index (χ1n) is 11.3. The maximum atomic E-state index is 13.4. The van der Waals surface area contributed by atoms with Crippen molar-refractivity contribution >= 4 is 16.8 Å². The molecular formula is C25H25N3O4. The lowest BCUT2D eigenvalue weighted by molar-refractivity contribution is 0.0258. The Labute approximate surface area is 185 Å². The van der Waals surface area contributed by atoms with Gasteiger partial charge in [-0.3, -0.25) is 9.59 Å². The minimum atomic E-state index is -0.264. The molecule has 32 heavy (non-hydrogen) atoms. The van der Waals surface area contributed by atoms with Crippen molar-refractivity contribution in [2.45, 2.75) is 51.0 Å². The highest BCUT2D eigenvalue weighted by Gasteiger charge is 2.42. The van der Waals surface area contributed by atoms with Gasteiger partial charge in [0.15, 0.2) is 0 Å². The van der Waals surface area contributed by atoms with Crippen LogP contribution in [-0.4, -0.2) is 51.8 Å². The zero-order valence-corrected chi connectivity index (χ0v) is 18.0. The molecule has 1 aliphatic carbocycles. The number of carbonyl (C=O) groups excluding carboxylic acids is 1. The third kappa shape index (κ3) is 3.11. The van der Waals surface area contributed by atoms with Crippen molar-refractivity contribution < 1.29 is 14.3 Å². The topological polar surface area (TPSA) is 73.7 Å². The summed E-state index contributed by atoms with van der Waals surface area (Å²) in [6.07, 6.45) is 5.95. The molecule has 1 amide bonds. The van der Waals surface area contributed by atoms with E-state index in [9.17, 15) is 9.59 Å². The molecule has 2 aliphatic heterocycles. The van der Waals surface area contributed by atoms with Gasteiger partial charge in [0.05, 0.1) is 35.9 Å². The number of rotatable bonds is 4. The number of aryl methyl sites for hydroxylation is 1. The van der Waals surface area contributed by atoms with Crippen LogP contribution in [-0.2, 0) is 24.1 Å². The van der Waals surface area contributed by atoms with E-state index in [0.29, 0.717) is 36.5 Å². The normalized spacial score (nSPS) is 22.0. The molecule has 7 nitrogen and oxygen atoms in total. The van der Waals surface area contributed by atoms with Crippen molar-refractivity contribution in [2.24, 2.45) is 0 Å². The number of amides is 1. The van der Waals surface area contributed by atoms with E-state index < -0.39 is 0 Å². The number of benzene rings is 1. The third-order valence-corrected chi connectivity index (χ3v) is 6.97. The second kappa shape index (κ2) is 7.45. The predicted octanol–water partition coefficient (Wildman–Crippen LogP) is 2.58. The fraction of sp³-hybridized carbons (Fsp3) is 0.400. The number of aromatic nitrogens is 2. The molecule has 0 radical (unpaired) electrons. The van der Waals surface area contributed by atoms with Gasteiger partial charge in [-0.15, -0.1) is 0 Å². The van der Waals surface area contributed by atoms with Crippen LogP contribution >= 0.6 is 0 Å². The number of pyridine rings is 2. The number of morpholine rings is 1. The summed E-state index contributed by atoms with van der Waals surface area (Å²) >= 11 is 0. The number of likely N-dealkylation sites (tertiary alicyclic amines) is 1. The van der Waals surface area contributed by atoms with Crippen LogP contribution in [0.4, 0.5) is 0 Å². The van der Waals surface area contributed by atoms with Gasteiger partial charge < -0.3 is 18.9 Å². The van der Waals surface area contributed by atoms with Gasteiger partial charge in [-0.25, -0.2) is 4.98 Å². The minimum Gasteiger partial charge on any atom is -0.474 e. The molecule has 2 aromatic heterocycles. The lowest BCUT2D eigenvalue weighted by Crippen LogP contribution is -2.43. The number of hydrogen-bond donors (Lipinski definition) is 0. The van der Waals surface area contributed by atoms with Crippen LogP contribution in [0.2, 0.25) is 0 Å². The van der Waals surface area contributed by atoms with Crippen molar-refractivity contribution in [1.82, 2.24) is 14.5 Å². The Morgan fingerprint density at radius 1 is 1.25 bits per heavy atom. The van der Waals surface area contributed by atoms with Gasteiger partial charge in [0.1, 0.15) is 11.7 Å². The van der Waals surface area contributed by atoms with Gasteiger partial charge in [-0.1, -0.05) is 24.3 Å². The first-order valence-corrected chi connectivity index (χ1v) is 11.3. The largest absolute Gasteiger partial charge is 0.474 e. The molecular weight excluding hydrogens is 406 g/mol. The lowest BCUT2D eigenvalue weighted by atomic mass is 10.1. The Kier molecular flexibility index (Phi) is 4.54. The fourth-order valence-electron chi connectivity index (χ4n) is 5.32. The Morgan fingerprint density at radius 3 is 2.69 bits per heavy atom. The van der Waals surface area contributed by atoms with Gasteiger partial charge in [0, 0.05) is 38.2 Å². The molecule has 0 unspecified atom stereocenters. The SMILES string of the molecule is CCn1cc(C(=O)N2C[C@H]3C[C@@H]2CO3)c(=O)c2cc(OC3Cc4ccccc4C3)ncc21. The van der Waals surface area contributed by atoms with E-state index in [1.807, 2.05) is 23.6 Å². The second-order valence-corrected chi connectivity index (χ2v) is 8.92. The Bertz CT molecular complexity index is 1260. The van der Waals surface area contributed by atoms with Crippen molar-refractivity contribution in [3.63, 3.8) is 0 Å². The Hall–Kier alpha value is -3.19. The van der Waals surface area contributed by atoms with E-state index in [1.54, 1.807) is 23.4 Å². The van der Waals surface area contributed by atoms with E-state index in [4.69, 9.17) is 9.47 Å². The molecule has 0 N–H and O–H groups in total. The van der Waals surface area contributed by atoms with Crippen molar-refractivity contribution in [1.29, 1.82) is 0 Å². The standard InChI is InChI=1S/C25H25N3O4/c1-2-27-13-21(25(30)28-12-19-9-17(28)14-31-19)24(29)20-10-23(26-11-22(20)27)32-18-7-15-5-3-4-6-16(15)8-18/h3-6,10-11,13,17-19H,2,7-9,12,14H2,1H3/t17-,19-/m1/s1. The van der Waals surface area contributed by atoms with Gasteiger partial charge in [-0.2, -0.15) is 0 Å². The van der Waals surface area contributed by atoms with Crippen LogP contribution in [0.1, 0.15) is 34.8 Å². The summed E-state index contributed by atoms with van der Waals surface area (Å²) < 4.78 is 13.7. The smallest absolute Gasteiger partial charge is 0.259 e. The number of nitrogens with zero attached hydrogens (tertiary/aromatic N) is 3. The van der Waals surface area contributed by atoms with Crippen LogP contribution < -0.4 is 10.2 Å². The molecule has 7 heteroatoms. The molecule has 164 valence electrons. The lowest BCUT2D eigenvalue weighted by Gasteiger charge is -2.27. The summed E-state index contributed by atoms with van der Waals surface area (Å²) in [6, 6.07) is 10.1. The zero-order chi connectivity index (χ0) is 21.8. The van der Waals surface area contributed by atoms with E-state index in [0.717, 1.165) is 19.3 Å². The van der Waals surface area contributed by atoms with E-state index in [-0.39, 0.29) is 35.1 Å². The van der Waals surface area contributed by atoms with Gasteiger partial charge in [-0.05, 0) is 24.5 Å². The van der Waals surface area contributed by atoms with Crippen LogP contribution in [0.25, 0.3) is 10.9 Å². The quantitative estimate of drug-likeness (QED) is 0.635. The first-order chi connectivity index (χ1) is 15.6. The summed E-state index contributed by atoms with van der Waals surface area (Å²) in [7, 11) is 0. The molecule has 2 fully saturated rings. The summed E-state index contributed by atoms with van der Waals surface area (Å²) in [5.74, 6) is 0.216. The summed E-state index contributed by atoms with van der Waals surface area (Å²) in [6.45, 7) is 3.73. The average molecular weight is 431 g/mol. The monoisotopic (exact) mass is 431 g/mol. The molecule has 3 aliphatic rings. The number of ether oxygens (including phenoxy) is 2. The van der Waals surface area contributed by atoms with Crippen LogP contribution in [0.15, 0.2) is 47.5 Å². The van der Waals surface area contributed by atoms with E-state index >= 15 is 0 Å². The van der Waals surface area contributed by atoms with Crippen LogP contribution in [0, 0.1) is 0 Å². The zero-order valence-electron chi connectivity index (χ0n) is 18.0. The number of fused-ring (bicyclic) bond motifs is 4. The molecule has 3 aromatic rings. The summed E-state index contributed by atoms with van der Waals surface area (Å²) in [5, 5.41) is 0.471. The highest BCUT2D eigenvalue weighted by molar-refractivity contribution is 5.97. The summed E-state index contributed by atoms with van der Waals surface area (Å²) in [5.41, 5.74) is 3.24. The van der Waals surface area contributed by atoms with E-state index in [2.05, 4.69) is 17.1 Å². The maximum Gasteiger partial charge on any atom is 0.259 e. The van der Waals surface area contributed by atoms with Gasteiger partial charge in [0.25, 0.3) is 5.91 Å². The van der Waals surface area contributed by atoms with Gasteiger partial charge >= 0.3 is 0 Å². The minimum absolute atomic E-state index is 0.00397. The second-order valence-electron chi connectivity index (χ2n) is 8.92. The molecule has 6 rings (SSSR count). The highest BCUT2D eigenvalue weighted by Crippen LogP contribution is 2.29. The molecule has 0 spiro atoms. The molecule has 4 heterocycles. The molecule has 2 bridgehead atoms. The maximum absolute atomic E-state index is 13.4. The van der Waals surface area contributed by atoms with Crippen molar-refractivity contribution in [2.75, 3.05) is 13.2 Å². The number of carbonyl (C=O) groups is 1. The third-order valence-electron chi connectivity index (χ3n) is 6.97. The Balaban J connectivity index is 1.34. The summed E-state index contributed by atoms with van der Waals surface area (Å²) in [4.78, 5) is 32.9.